The molecule has 31 heavy (non-hydrogen) atoms. The fourth-order valence-corrected chi connectivity index (χ4v) is 3.26. The molecule has 0 radical (unpaired) electrons. The van der Waals surface area contributed by atoms with Gasteiger partial charge in [-0.05, 0) is 27.2 Å². The number of rotatable bonds is 10. The normalized spacial score (nSPS) is 16.6. The maximum atomic E-state index is 12.1. The molecule has 0 saturated carbocycles. The van der Waals surface area contributed by atoms with E-state index in [4.69, 9.17) is 9.47 Å². The maximum Gasteiger partial charge on any atom is 0.407 e. The van der Waals surface area contributed by atoms with Gasteiger partial charge in [-0.1, -0.05) is 13.3 Å². The van der Waals surface area contributed by atoms with Gasteiger partial charge in [-0.3, -0.25) is 14.7 Å². The van der Waals surface area contributed by atoms with Crippen LogP contribution in [0.3, 0.4) is 0 Å². The number of nitrogens with one attached hydrogen (secondary N) is 3. The Kier molecular flexibility index (Phi) is 12.2. The summed E-state index contributed by atoms with van der Waals surface area (Å²) >= 11 is 0. The van der Waals surface area contributed by atoms with E-state index in [2.05, 4.69) is 37.7 Å². The van der Waals surface area contributed by atoms with E-state index in [1.54, 1.807) is 14.2 Å². The van der Waals surface area contributed by atoms with Gasteiger partial charge >= 0.3 is 6.09 Å². The first-order chi connectivity index (χ1) is 14.7. The van der Waals surface area contributed by atoms with Crippen molar-refractivity contribution in [3.63, 3.8) is 0 Å². The van der Waals surface area contributed by atoms with E-state index >= 15 is 0 Å². The summed E-state index contributed by atoms with van der Waals surface area (Å²) in [6.07, 6.45) is 1.39. The summed E-state index contributed by atoms with van der Waals surface area (Å²) in [5, 5.41) is 9.17. The van der Waals surface area contributed by atoms with Crippen LogP contribution in [0.15, 0.2) is 4.99 Å². The molecule has 1 aliphatic heterocycles. The van der Waals surface area contributed by atoms with Crippen LogP contribution < -0.4 is 16.0 Å². The third kappa shape index (κ3) is 11.8. The monoisotopic (exact) mass is 442 g/mol. The lowest BCUT2D eigenvalue weighted by Crippen LogP contribution is -2.55. The van der Waals surface area contributed by atoms with E-state index in [0.29, 0.717) is 26.2 Å². The fourth-order valence-electron chi connectivity index (χ4n) is 3.26. The van der Waals surface area contributed by atoms with Crippen LogP contribution >= 0.6 is 0 Å². The number of piperazine rings is 1. The number of nitrogens with zero attached hydrogens (tertiary/aromatic N) is 3. The largest absolute Gasteiger partial charge is 0.444 e. The van der Waals surface area contributed by atoms with Crippen LogP contribution in [0, 0.1) is 0 Å². The van der Waals surface area contributed by atoms with Crippen molar-refractivity contribution < 1.29 is 19.1 Å². The number of hydrogen-bond acceptors (Lipinski definition) is 6. The van der Waals surface area contributed by atoms with Crippen molar-refractivity contribution in [1.82, 2.24) is 25.8 Å². The molecule has 1 rings (SSSR count). The van der Waals surface area contributed by atoms with E-state index < -0.39 is 11.7 Å². The number of ether oxygens (including phenoxy) is 2. The summed E-state index contributed by atoms with van der Waals surface area (Å²) in [4.78, 5) is 32.8. The lowest BCUT2D eigenvalue weighted by Gasteiger charge is -2.36. The minimum absolute atomic E-state index is 0.0173. The first-order valence-corrected chi connectivity index (χ1v) is 11.1. The lowest BCUT2D eigenvalue weighted by molar-refractivity contribution is -0.122. The molecule has 0 aromatic heterocycles. The predicted molar refractivity (Wildman–Crippen MR) is 122 cm³/mol. The molecule has 180 valence electrons. The van der Waals surface area contributed by atoms with E-state index in [1.807, 2.05) is 20.8 Å². The van der Waals surface area contributed by atoms with Crippen molar-refractivity contribution >= 4 is 18.0 Å². The highest BCUT2D eigenvalue weighted by Crippen LogP contribution is 2.08. The Labute approximate surface area is 187 Å². The number of carbonyl (C=O) groups excluding carboxylic acids is 2. The van der Waals surface area contributed by atoms with E-state index in [0.717, 1.165) is 45.0 Å². The number of carbonyl (C=O) groups is 2. The standard InChI is InChI=1S/C21H42N6O4/c1-7-8-17(25-20(29)31-21(2,3)4)15-24-19(22-5)27-12-10-26(11-13-27)16-18(28)23-9-14-30-6/h17H,7-16H2,1-6H3,(H,22,24)(H,23,28)(H,25,29). The molecule has 1 aliphatic rings. The molecular formula is C21H42N6O4. The second-order valence-electron chi connectivity index (χ2n) is 8.67. The molecule has 1 atom stereocenters. The van der Waals surface area contributed by atoms with Crippen molar-refractivity contribution in [1.29, 1.82) is 0 Å². The van der Waals surface area contributed by atoms with Gasteiger partial charge in [0, 0.05) is 59.5 Å². The van der Waals surface area contributed by atoms with Crippen molar-refractivity contribution in [3.8, 4) is 0 Å². The first kappa shape index (κ1) is 27.0. The fraction of sp³-hybridized carbons (Fsp3) is 0.857. The maximum absolute atomic E-state index is 12.1. The van der Waals surface area contributed by atoms with Gasteiger partial charge in [0.2, 0.25) is 5.91 Å². The van der Waals surface area contributed by atoms with Gasteiger partial charge in [-0.25, -0.2) is 4.79 Å². The number of methoxy groups -OCH3 is 1. The number of amides is 2. The zero-order valence-corrected chi connectivity index (χ0v) is 20.1. The van der Waals surface area contributed by atoms with E-state index in [9.17, 15) is 9.59 Å². The Morgan fingerprint density at radius 3 is 2.35 bits per heavy atom. The molecule has 3 N–H and O–H groups in total. The third-order valence-corrected chi connectivity index (χ3v) is 4.74. The molecule has 0 spiro atoms. The summed E-state index contributed by atoms with van der Waals surface area (Å²) < 4.78 is 10.3. The number of alkyl carbamates (subject to hydrolysis) is 1. The quantitative estimate of drug-likeness (QED) is 0.259. The molecule has 0 aliphatic carbocycles. The van der Waals surface area contributed by atoms with Crippen molar-refractivity contribution in [2.24, 2.45) is 4.99 Å². The van der Waals surface area contributed by atoms with Crippen molar-refractivity contribution in [3.05, 3.63) is 0 Å². The van der Waals surface area contributed by atoms with E-state index in [-0.39, 0.29) is 11.9 Å². The predicted octanol–water partition coefficient (Wildman–Crippen LogP) is 0.635. The van der Waals surface area contributed by atoms with Crippen molar-refractivity contribution in [2.45, 2.75) is 52.2 Å². The van der Waals surface area contributed by atoms with Gasteiger partial charge in [0.25, 0.3) is 0 Å². The lowest BCUT2D eigenvalue weighted by atomic mass is 10.1. The van der Waals surface area contributed by atoms with Gasteiger partial charge in [-0.2, -0.15) is 0 Å². The van der Waals surface area contributed by atoms with Crippen LogP contribution in [0.2, 0.25) is 0 Å². The molecule has 1 unspecified atom stereocenters. The Morgan fingerprint density at radius 2 is 1.81 bits per heavy atom. The van der Waals surface area contributed by atoms with Crippen LogP contribution in [-0.2, 0) is 14.3 Å². The second kappa shape index (κ2) is 14.1. The molecule has 1 heterocycles. The summed E-state index contributed by atoms with van der Waals surface area (Å²) in [5.41, 5.74) is -0.523. The highest BCUT2D eigenvalue weighted by Gasteiger charge is 2.23. The Morgan fingerprint density at radius 1 is 1.13 bits per heavy atom. The topological polar surface area (TPSA) is 108 Å². The second-order valence-corrected chi connectivity index (χ2v) is 8.67. The van der Waals surface area contributed by atoms with Crippen LogP contribution in [0.4, 0.5) is 4.79 Å². The molecule has 1 fully saturated rings. The van der Waals surface area contributed by atoms with E-state index in [1.165, 1.54) is 0 Å². The molecule has 1 saturated heterocycles. The average Bonchev–Trinajstić information content (AvgIpc) is 2.68. The molecular weight excluding hydrogens is 400 g/mol. The number of aliphatic imine (C=N–C) groups is 1. The summed E-state index contributed by atoms with van der Waals surface area (Å²) in [7, 11) is 3.37. The summed E-state index contributed by atoms with van der Waals surface area (Å²) in [6.45, 7) is 12.8. The molecule has 0 aromatic carbocycles. The van der Waals surface area contributed by atoms with Crippen LogP contribution in [0.5, 0.6) is 0 Å². The van der Waals surface area contributed by atoms with Gasteiger partial charge < -0.3 is 30.3 Å². The van der Waals surface area contributed by atoms with Crippen LogP contribution in [0.1, 0.15) is 40.5 Å². The van der Waals surface area contributed by atoms with Crippen molar-refractivity contribution in [2.75, 3.05) is 66.6 Å². The highest BCUT2D eigenvalue weighted by atomic mass is 16.6. The van der Waals surface area contributed by atoms with Gasteiger partial charge in [0.1, 0.15) is 5.60 Å². The van der Waals surface area contributed by atoms with Gasteiger partial charge in [0.15, 0.2) is 5.96 Å². The van der Waals surface area contributed by atoms with Gasteiger partial charge in [-0.15, -0.1) is 0 Å². The number of guanidine groups is 1. The summed E-state index contributed by atoms with van der Waals surface area (Å²) in [5.74, 6) is 0.819. The first-order valence-electron chi connectivity index (χ1n) is 11.1. The Balaban J connectivity index is 2.45. The number of hydrogen-bond donors (Lipinski definition) is 3. The smallest absolute Gasteiger partial charge is 0.407 e. The van der Waals surface area contributed by atoms with Crippen LogP contribution in [0.25, 0.3) is 0 Å². The van der Waals surface area contributed by atoms with Gasteiger partial charge in [0.05, 0.1) is 13.2 Å². The zero-order chi connectivity index (χ0) is 23.3. The Bertz CT molecular complexity index is 571. The minimum atomic E-state index is -0.523. The zero-order valence-electron chi connectivity index (χ0n) is 20.1. The van der Waals surface area contributed by atoms with Crippen LogP contribution in [-0.4, -0.2) is 106 Å². The molecule has 0 bridgehead atoms. The third-order valence-electron chi connectivity index (χ3n) is 4.74. The molecule has 0 aromatic rings. The molecule has 10 nitrogen and oxygen atoms in total. The highest BCUT2D eigenvalue weighted by molar-refractivity contribution is 5.80. The minimum Gasteiger partial charge on any atom is -0.444 e. The summed E-state index contributed by atoms with van der Waals surface area (Å²) in [6, 6.07) is -0.0475. The Hall–Kier alpha value is -2.07. The SMILES string of the molecule is CCCC(CNC(=NC)N1CCN(CC(=O)NCCOC)CC1)NC(=O)OC(C)(C)C. The molecule has 10 heteroatoms. The molecule has 2 amide bonds. The average molecular weight is 443 g/mol.